The Kier molecular flexibility index (Phi) is 8.36. The van der Waals surface area contributed by atoms with E-state index in [0.717, 1.165) is 36.8 Å². The summed E-state index contributed by atoms with van der Waals surface area (Å²) in [6, 6.07) is 16.2. The molecule has 4 rings (SSSR count). The molecule has 0 aromatic heterocycles. The van der Waals surface area contributed by atoms with Gasteiger partial charge in [-0.2, -0.15) is 0 Å². The van der Waals surface area contributed by atoms with Gasteiger partial charge in [-0.3, -0.25) is 9.59 Å². The number of benzene rings is 2. The highest BCUT2D eigenvalue weighted by atomic mass is 16.5. The second kappa shape index (κ2) is 11.8. The van der Waals surface area contributed by atoms with E-state index in [1.165, 1.54) is 11.1 Å². The van der Waals surface area contributed by atoms with Crippen molar-refractivity contribution >= 4 is 18.0 Å². The fourth-order valence-electron chi connectivity index (χ4n) is 5.15. The molecule has 3 N–H and O–H groups in total. The van der Waals surface area contributed by atoms with E-state index < -0.39 is 12.1 Å². The molecule has 1 fully saturated rings. The van der Waals surface area contributed by atoms with Crippen LogP contribution in [0.2, 0.25) is 0 Å². The summed E-state index contributed by atoms with van der Waals surface area (Å²) in [5.74, 6) is -1.15. The third kappa shape index (κ3) is 6.39. The fourth-order valence-corrected chi connectivity index (χ4v) is 5.15. The minimum atomic E-state index is -0.841. The van der Waals surface area contributed by atoms with Crippen LogP contribution in [0.25, 0.3) is 11.1 Å². The van der Waals surface area contributed by atoms with E-state index >= 15 is 0 Å². The van der Waals surface area contributed by atoms with Crippen molar-refractivity contribution in [1.29, 1.82) is 0 Å². The number of hydrogen-bond acceptors (Lipinski definition) is 5. The predicted octanol–water partition coefficient (Wildman–Crippen LogP) is 3.69. The van der Waals surface area contributed by atoms with E-state index in [9.17, 15) is 14.4 Å². The maximum atomic E-state index is 12.2. The molecular weight excluding hydrogens is 448 g/mol. The molecule has 2 aromatic rings. The third-order valence-corrected chi connectivity index (χ3v) is 6.78. The summed E-state index contributed by atoms with van der Waals surface area (Å²) in [5, 5.41) is 14.6. The van der Waals surface area contributed by atoms with Gasteiger partial charge in [0.25, 0.3) is 0 Å². The van der Waals surface area contributed by atoms with Crippen LogP contribution in [0.5, 0.6) is 0 Å². The average molecular weight is 481 g/mol. The quantitative estimate of drug-likeness (QED) is 0.447. The number of carbonyl (C=O) groups is 3. The zero-order valence-corrected chi connectivity index (χ0v) is 19.7. The lowest BCUT2D eigenvalue weighted by Gasteiger charge is -2.31. The molecule has 186 valence electrons. The van der Waals surface area contributed by atoms with Crippen LogP contribution in [0.3, 0.4) is 0 Å². The van der Waals surface area contributed by atoms with Crippen LogP contribution in [0.15, 0.2) is 48.5 Å². The average Bonchev–Trinajstić information content (AvgIpc) is 3.17. The normalized spacial score (nSPS) is 18.9. The molecule has 2 atom stereocenters. The van der Waals surface area contributed by atoms with Gasteiger partial charge >= 0.3 is 12.1 Å². The SMILES string of the molecule is O=C(O)CC1CCCCC1NC(=O)COCCNC(=O)OCC1c2ccccc2-c2ccccc21. The highest BCUT2D eigenvalue weighted by molar-refractivity contribution is 5.79. The first-order valence-electron chi connectivity index (χ1n) is 12.2. The maximum absolute atomic E-state index is 12.2. The molecule has 0 spiro atoms. The molecule has 0 aliphatic heterocycles. The van der Waals surface area contributed by atoms with E-state index in [1.54, 1.807) is 0 Å². The van der Waals surface area contributed by atoms with Crippen molar-refractivity contribution < 1.29 is 29.0 Å². The molecule has 0 bridgehead atoms. The van der Waals surface area contributed by atoms with Crippen LogP contribution in [-0.2, 0) is 19.1 Å². The van der Waals surface area contributed by atoms with E-state index in [-0.39, 0.29) is 56.6 Å². The number of ether oxygens (including phenoxy) is 2. The van der Waals surface area contributed by atoms with Gasteiger partial charge in [-0.05, 0) is 41.0 Å². The third-order valence-electron chi connectivity index (χ3n) is 6.78. The summed E-state index contributed by atoms with van der Waals surface area (Å²) in [4.78, 5) is 35.4. The standard InChI is InChI=1S/C27H32N2O6/c30-25(29-24-12-6-1-7-18(24)15-26(31)32)17-34-14-13-28-27(33)35-16-23-21-10-4-2-8-19(21)20-9-3-5-11-22(20)23/h2-5,8-11,18,23-24H,1,6-7,12-17H2,(H,28,33)(H,29,30)(H,31,32). The van der Waals surface area contributed by atoms with Crippen LogP contribution in [0, 0.1) is 5.92 Å². The first kappa shape index (κ1) is 24.7. The van der Waals surface area contributed by atoms with E-state index in [4.69, 9.17) is 14.6 Å². The van der Waals surface area contributed by atoms with Crippen LogP contribution in [0.1, 0.15) is 49.1 Å². The number of rotatable bonds is 10. The van der Waals surface area contributed by atoms with Gasteiger partial charge in [-0.25, -0.2) is 4.79 Å². The molecule has 35 heavy (non-hydrogen) atoms. The van der Waals surface area contributed by atoms with Gasteiger partial charge in [0.1, 0.15) is 13.2 Å². The number of alkyl carbamates (subject to hydrolysis) is 1. The first-order valence-corrected chi connectivity index (χ1v) is 12.2. The molecule has 1 saturated carbocycles. The van der Waals surface area contributed by atoms with Crippen molar-refractivity contribution in [3.8, 4) is 11.1 Å². The largest absolute Gasteiger partial charge is 0.481 e. The van der Waals surface area contributed by atoms with Crippen molar-refractivity contribution in [2.75, 3.05) is 26.4 Å². The Morgan fingerprint density at radius 2 is 1.60 bits per heavy atom. The monoisotopic (exact) mass is 480 g/mol. The highest BCUT2D eigenvalue weighted by Crippen LogP contribution is 2.44. The zero-order chi connectivity index (χ0) is 24.6. The summed E-state index contributed by atoms with van der Waals surface area (Å²) in [6.45, 7) is 0.487. The summed E-state index contributed by atoms with van der Waals surface area (Å²) >= 11 is 0. The highest BCUT2D eigenvalue weighted by Gasteiger charge is 2.29. The van der Waals surface area contributed by atoms with Crippen molar-refractivity contribution in [1.82, 2.24) is 10.6 Å². The van der Waals surface area contributed by atoms with Gasteiger partial charge in [0, 0.05) is 18.5 Å². The van der Waals surface area contributed by atoms with Crippen molar-refractivity contribution in [2.45, 2.75) is 44.1 Å². The van der Waals surface area contributed by atoms with Gasteiger partial charge in [0.05, 0.1) is 13.0 Å². The topological polar surface area (TPSA) is 114 Å². The molecule has 0 radical (unpaired) electrons. The first-order chi connectivity index (χ1) is 17.0. The number of hydrogen-bond donors (Lipinski definition) is 3. The Morgan fingerprint density at radius 3 is 2.29 bits per heavy atom. The Balaban J connectivity index is 1.14. The summed E-state index contributed by atoms with van der Waals surface area (Å²) in [5.41, 5.74) is 4.65. The number of carboxylic acid groups (broad SMARTS) is 1. The Hall–Kier alpha value is -3.39. The predicted molar refractivity (Wildman–Crippen MR) is 130 cm³/mol. The van der Waals surface area contributed by atoms with Crippen molar-refractivity contribution in [3.63, 3.8) is 0 Å². The number of nitrogens with one attached hydrogen (secondary N) is 2. The minimum absolute atomic E-state index is 0.00200. The van der Waals surface area contributed by atoms with E-state index in [2.05, 4.69) is 34.9 Å². The number of aliphatic carboxylic acids is 1. The second-order valence-electron chi connectivity index (χ2n) is 9.12. The van der Waals surface area contributed by atoms with E-state index in [0.29, 0.717) is 0 Å². The molecule has 2 aromatic carbocycles. The number of carboxylic acids is 1. The molecule has 2 aliphatic carbocycles. The van der Waals surface area contributed by atoms with Crippen LogP contribution in [0.4, 0.5) is 4.79 Å². The van der Waals surface area contributed by atoms with Gasteiger partial charge in [-0.1, -0.05) is 61.4 Å². The van der Waals surface area contributed by atoms with Crippen LogP contribution < -0.4 is 10.6 Å². The van der Waals surface area contributed by atoms with Gasteiger partial charge in [0.2, 0.25) is 5.91 Å². The Labute approximate surface area is 205 Å². The summed E-state index contributed by atoms with van der Waals surface area (Å²) < 4.78 is 10.9. The smallest absolute Gasteiger partial charge is 0.407 e. The number of carbonyl (C=O) groups excluding carboxylic acids is 2. The zero-order valence-electron chi connectivity index (χ0n) is 19.7. The van der Waals surface area contributed by atoms with E-state index in [1.807, 2.05) is 24.3 Å². The van der Waals surface area contributed by atoms with Gasteiger partial charge in [0.15, 0.2) is 0 Å². The molecular formula is C27H32N2O6. The molecule has 0 saturated heterocycles. The number of amides is 2. The lowest BCUT2D eigenvalue weighted by Crippen LogP contribution is -2.44. The van der Waals surface area contributed by atoms with Gasteiger partial charge in [-0.15, -0.1) is 0 Å². The molecule has 8 nitrogen and oxygen atoms in total. The molecule has 2 amide bonds. The van der Waals surface area contributed by atoms with Gasteiger partial charge < -0.3 is 25.2 Å². The molecule has 0 heterocycles. The number of fused-ring (bicyclic) bond motifs is 3. The fraction of sp³-hybridized carbons (Fsp3) is 0.444. The Bertz CT molecular complexity index is 1010. The second-order valence-corrected chi connectivity index (χ2v) is 9.12. The Morgan fingerprint density at radius 1 is 0.943 bits per heavy atom. The van der Waals surface area contributed by atoms with Crippen LogP contribution >= 0.6 is 0 Å². The summed E-state index contributed by atoms with van der Waals surface area (Å²) in [7, 11) is 0. The lowest BCUT2D eigenvalue weighted by atomic mass is 9.82. The summed E-state index contributed by atoms with van der Waals surface area (Å²) in [6.07, 6.45) is 3.10. The molecule has 2 aliphatic rings. The van der Waals surface area contributed by atoms with Crippen molar-refractivity contribution in [2.24, 2.45) is 5.92 Å². The maximum Gasteiger partial charge on any atom is 0.407 e. The van der Waals surface area contributed by atoms with Crippen LogP contribution in [-0.4, -0.2) is 55.5 Å². The van der Waals surface area contributed by atoms with Crippen molar-refractivity contribution in [3.05, 3.63) is 59.7 Å². The molecule has 2 unspecified atom stereocenters. The molecule has 8 heteroatoms. The lowest BCUT2D eigenvalue weighted by molar-refractivity contribution is -0.139. The minimum Gasteiger partial charge on any atom is -0.481 e.